The Labute approximate surface area is 138 Å². The molecule has 0 spiro atoms. The lowest BCUT2D eigenvalue weighted by Gasteiger charge is -2.37. The van der Waals surface area contributed by atoms with Crippen LogP contribution in [0.25, 0.3) is 0 Å². The zero-order valence-electron chi connectivity index (χ0n) is 14.0. The molecule has 0 aromatic heterocycles. The van der Waals surface area contributed by atoms with E-state index >= 15 is 0 Å². The van der Waals surface area contributed by atoms with E-state index in [-0.39, 0.29) is 4.90 Å². The first kappa shape index (κ1) is 17.7. The SMILES string of the molecule is CN=C(NCc1cccc(S(N)(=O)=O)c1)N1CC(C)CC(C)C1. The van der Waals surface area contributed by atoms with Crippen LogP contribution in [0.1, 0.15) is 25.8 Å². The predicted octanol–water partition coefficient (Wildman–Crippen LogP) is 1.39. The Morgan fingerprint density at radius 3 is 2.57 bits per heavy atom. The number of guanidine groups is 1. The molecule has 0 saturated carbocycles. The van der Waals surface area contributed by atoms with Crippen LogP contribution >= 0.6 is 0 Å². The average Bonchev–Trinajstić information content (AvgIpc) is 2.46. The molecule has 1 aliphatic heterocycles. The van der Waals surface area contributed by atoms with Gasteiger partial charge in [0.25, 0.3) is 0 Å². The van der Waals surface area contributed by atoms with Gasteiger partial charge in [0, 0.05) is 26.7 Å². The van der Waals surface area contributed by atoms with Crippen LogP contribution in [-0.2, 0) is 16.6 Å². The number of likely N-dealkylation sites (tertiary alicyclic amines) is 1. The van der Waals surface area contributed by atoms with Crippen molar-refractivity contribution in [3.8, 4) is 0 Å². The van der Waals surface area contributed by atoms with Gasteiger partial charge in [0.1, 0.15) is 0 Å². The van der Waals surface area contributed by atoms with Crippen LogP contribution in [0, 0.1) is 11.8 Å². The van der Waals surface area contributed by atoms with Gasteiger partial charge in [0.15, 0.2) is 5.96 Å². The Morgan fingerprint density at radius 2 is 2.00 bits per heavy atom. The van der Waals surface area contributed by atoms with Gasteiger partial charge in [-0.25, -0.2) is 13.6 Å². The molecule has 2 rings (SSSR count). The number of aliphatic imine (C=N–C) groups is 1. The van der Waals surface area contributed by atoms with E-state index in [0.29, 0.717) is 18.4 Å². The summed E-state index contributed by atoms with van der Waals surface area (Å²) in [6.07, 6.45) is 1.24. The second-order valence-electron chi connectivity index (χ2n) is 6.44. The van der Waals surface area contributed by atoms with E-state index in [0.717, 1.165) is 24.6 Å². The molecule has 6 nitrogen and oxygen atoms in total. The second-order valence-corrected chi connectivity index (χ2v) is 8.01. The number of piperidine rings is 1. The van der Waals surface area contributed by atoms with Gasteiger partial charge in [0.2, 0.25) is 10.0 Å². The van der Waals surface area contributed by atoms with Crippen LogP contribution in [0.4, 0.5) is 0 Å². The molecule has 1 aromatic carbocycles. The molecule has 2 unspecified atom stereocenters. The smallest absolute Gasteiger partial charge is 0.238 e. The minimum Gasteiger partial charge on any atom is -0.352 e. The van der Waals surface area contributed by atoms with Gasteiger partial charge >= 0.3 is 0 Å². The molecule has 3 N–H and O–H groups in total. The molecule has 2 atom stereocenters. The quantitative estimate of drug-likeness (QED) is 0.644. The Kier molecular flexibility index (Phi) is 5.64. The van der Waals surface area contributed by atoms with Crippen molar-refractivity contribution in [2.75, 3.05) is 20.1 Å². The fraction of sp³-hybridized carbons (Fsp3) is 0.562. The van der Waals surface area contributed by atoms with Crippen molar-refractivity contribution in [1.29, 1.82) is 0 Å². The number of benzene rings is 1. The van der Waals surface area contributed by atoms with E-state index in [9.17, 15) is 8.42 Å². The molecule has 0 aliphatic carbocycles. The number of hydrogen-bond donors (Lipinski definition) is 2. The van der Waals surface area contributed by atoms with Crippen LogP contribution in [0.3, 0.4) is 0 Å². The van der Waals surface area contributed by atoms with Crippen LogP contribution in [-0.4, -0.2) is 39.4 Å². The maximum absolute atomic E-state index is 11.4. The molecule has 128 valence electrons. The van der Waals surface area contributed by atoms with Crippen LogP contribution < -0.4 is 10.5 Å². The van der Waals surface area contributed by atoms with Gasteiger partial charge < -0.3 is 10.2 Å². The number of nitrogens with two attached hydrogens (primary N) is 1. The average molecular weight is 338 g/mol. The van der Waals surface area contributed by atoms with Crippen LogP contribution in [0.2, 0.25) is 0 Å². The number of primary sulfonamides is 1. The first-order chi connectivity index (χ1) is 10.8. The van der Waals surface area contributed by atoms with E-state index < -0.39 is 10.0 Å². The zero-order chi connectivity index (χ0) is 17.0. The lowest BCUT2D eigenvalue weighted by molar-refractivity contribution is 0.208. The van der Waals surface area contributed by atoms with Crippen molar-refractivity contribution in [2.45, 2.75) is 31.7 Å². The van der Waals surface area contributed by atoms with Crippen molar-refractivity contribution in [1.82, 2.24) is 10.2 Å². The highest BCUT2D eigenvalue weighted by Gasteiger charge is 2.23. The Morgan fingerprint density at radius 1 is 1.35 bits per heavy atom. The molecule has 0 radical (unpaired) electrons. The minimum atomic E-state index is -3.67. The van der Waals surface area contributed by atoms with Crippen molar-refractivity contribution in [3.05, 3.63) is 29.8 Å². The molecule has 1 fully saturated rings. The number of nitrogens with one attached hydrogen (secondary N) is 1. The first-order valence-corrected chi connectivity index (χ1v) is 9.41. The predicted molar refractivity (Wildman–Crippen MR) is 92.5 cm³/mol. The molecule has 23 heavy (non-hydrogen) atoms. The third-order valence-electron chi connectivity index (χ3n) is 4.06. The lowest BCUT2D eigenvalue weighted by atomic mass is 9.92. The molecule has 1 heterocycles. The summed E-state index contributed by atoms with van der Waals surface area (Å²) in [6, 6.07) is 6.67. The van der Waals surface area contributed by atoms with E-state index in [1.165, 1.54) is 12.5 Å². The van der Waals surface area contributed by atoms with Crippen LogP contribution in [0.15, 0.2) is 34.2 Å². The summed E-state index contributed by atoms with van der Waals surface area (Å²) in [5, 5.41) is 8.49. The van der Waals surface area contributed by atoms with E-state index in [2.05, 4.69) is 29.1 Å². The maximum atomic E-state index is 11.4. The Balaban J connectivity index is 2.04. The standard InChI is InChI=1S/C16H26N4O2S/c1-12-7-13(2)11-20(10-12)16(18-3)19-9-14-5-4-6-15(8-14)23(17,21)22/h4-6,8,12-13H,7,9-11H2,1-3H3,(H,18,19)(H2,17,21,22). The van der Waals surface area contributed by atoms with Crippen molar-refractivity contribution in [3.63, 3.8) is 0 Å². The van der Waals surface area contributed by atoms with Crippen molar-refractivity contribution in [2.24, 2.45) is 22.0 Å². The second kappa shape index (κ2) is 7.31. The maximum Gasteiger partial charge on any atom is 0.238 e. The summed E-state index contributed by atoms with van der Waals surface area (Å²) < 4.78 is 22.8. The van der Waals surface area contributed by atoms with Gasteiger partial charge in [-0.3, -0.25) is 4.99 Å². The molecule has 0 amide bonds. The highest BCUT2D eigenvalue weighted by atomic mass is 32.2. The molecule has 1 aromatic rings. The topological polar surface area (TPSA) is 87.8 Å². The monoisotopic (exact) mass is 338 g/mol. The zero-order valence-corrected chi connectivity index (χ0v) is 14.8. The summed E-state index contributed by atoms with van der Waals surface area (Å²) >= 11 is 0. The normalized spacial score (nSPS) is 23.0. The molecular weight excluding hydrogens is 312 g/mol. The van der Waals surface area contributed by atoms with Gasteiger partial charge in [-0.05, 0) is 36.0 Å². The Bertz CT molecular complexity index is 662. The fourth-order valence-electron chi connectivity index (χ4n) is 3.18. The molecule has 1 aliphatic rings. The Hall–Kier alpha value is -1.60. The summed E-state index contributed by atoms with van der Waals surface area (Å²) in [7, 11) is -1.90. The van der Waals surface area contributed by atoms with E-state index in [1.54, 1.807) is 19.2 Å². The first-order valence-electron chi connectivity index (χ1n) is 7.87. The van der Waals surface area contributed by atoms with Gasteiger partial charge in [-0.1, -0.05) is 26.0 Å². The largest absolute Gasteiger partial charge is 0.352 e. The third-order valence-corrected chi connectivity index (χ3v) is 4.97. The highest BCUT2D eigenvalue weighted by Crippen LogP contribution is 2.21. The highest BCUT2D eigenvalue weighted by molar-refractivity contribution is 7.89. The number of sulfonamides is 1. The van der Waals surface area contributed by atoms with Gasteiger partial charge in [0.05, 0.1) is 4.90 Å². The molecule has 1 saturated heterocycles. The fourth-order valence-corrected chi connectivity index (χ4v) is 3.77. The summed E-state index contributed by atoms with van der Waals surface area (Å²) in [4.78, 5) is 6.75. The number of hydrogen-bond acceptors (Lipinski definition) is 3. The lowest BCUT2D eigenvalue weighted by Crippen LogP contribution is -2.48. The summed E-state index contributed by atoms with van der Waals surface area (Å²) in [6.45, 7) is 6.99. The minimum absolute atomic E-state index is 0.131. The van der Waals surface area contributed by atoms with Crippen molar-refractivity contribution < 1.29 is 8.42 Å². The number of nitrogens with zero attached hydrogens (tertiary/aromatic N) is 2. The molecule has 7 heteroatoms. The van der Waals surface area contributed by atoms with Crippen molar-refractivity contribution >= 4 is 16.0 Å². The van der Waals surface area contributed by atoms with E-state index in [4.69, 9.17) is 5.14 Å². The molecule has 0 bridgehead atoms. The number of rotatable bonds is 3. The van der Waals surface area contributed by atoms with Gasteiger partial charge in [-0.2, -0.15) is 0 Å². The summed E-state index contributed by atoms with van der Waals surface area (Å²) in [5.74, 6) is 2.13. The van der Waals surface area contributed by atoms with E-state index in [1.807, 2.05) is 6.07 Å². The van der Waals surface area contributed by atoms with Crippen LogP contribution in [0.5, 0.6) is 0 Å². The summed E-state index contributed by atoms with van der Waals surface area (Å²) in [5.41, 5.74) is 0.857. The van der Waals surface area contributed by atoms with Gasteiger partial charge in [-0.15, -0.1) is 0 Å². The molecular formula is C16H26N4O2S. The third kappa shape index (κ3) is 4.94.